The number of nitrogens with zero attached hydrogens (tertiary/aromatic N) is 1. The Labute approximate surface area is 201 Å². The second kappa shape index (κ2) is 8.95. The fourth-order valence-corrected chi connectivity index (χ4v) is 4.97. The van der Waals surface area contributed by atoms with E-state index in [9.17, 15) is 22.7 Å². The molecule has 7 nitrogen and oxygen atoms in total. The molecule has 0 aliphatic heterocycles. The van der Waals surface area contributed by atoms with Crippen LogP contribution in [0.2, 0.25) is 10.0 Å². The van der Waals surface area contributed by atoms with E-state index in [-0.39, 0.29) is 5.02 Å². The number of rotatable bonds is 4. The Hall–Kier alpha value is -3.65. The van der Waals surface area contributed by atoms with Crippen molar-refractivity contribution in [3.05, 3.63) is 87.2 Å². The van der Waals surface area contributed by atoms with E-state index in [1.54, 1.807) is 18.3 Å². The van der Waals surface area contributed by atoms with E-state index in [0.29, 0.717) is 11.2 Å². The summed E-state index contributed by atoms with van der Waals surface area (Å²) >= 11 is 11.7. The Morgan fingerprint density at radius 1 is 1.12 bits per heavy atom. The van der Waals surface area contributed by atoms with Gasteiger partial charge < -0.3 is 10.1 Å². The number of carboxylic acid groups (broad SMARTS) is 1. The predicted octanol–water partition coefficient (Wildman–Crippen LogP) is 5.05. The quantitative estimate of drug-likeness (QED) is 0.325. The molecule has 2 heterocycles. The minimum absolute atomic E-state index is 0.221. The van der Waals surface area contributed by atoms with Crippen molar-refractivity contribution in [2.24, 2.45) is 0 Å². The summed E-state index contributed by atoms with van der Waals surface area (Å²) in [4.78, 5) is 17.7. The SMILES string of the molecule is O=C(O)c1cc(Cl)cc(S(=O)(=O)Nc2ccc(F)c(C#Cc3cnc4[nH]ccc4c3)c2F)c1Cl. The molecule has 0 amide bonds. The first kappa shape index (κ1) is 23.5. The lowest BCUT2D eigenvalue weighted by Gasteiger charge is -2.13. The number of anilines is 1. The van der Waals surface area contributed by atoms with Crippen molar-refractivity contribution in [3.63, 3.8) is 0 Å². The summed E-state index contributed by atoms with van der Waals surface area (Å²) in [5, 5.41) is 9.10. The van der Waals surface area contributed by atoms with E-state index in [2.05, 4.69) is 21.8 Å². The Morgan fingerprint density at radius 2 is 1.88 bits per heavy atom. The molecule has 0 spiro atoms. The van der Waals surface area contributed by atoms with E-state index < -0.39 is 54.4 Å². The number of pyridine rings is 1. The smallest absolute Gasteiger partial charge is 0.337 e. The largest absolute Gasteiger partial charge is 0.478 e. The average molecular weight is 522 g/mol. The minimum atomic E-state index is -4.61. The maximum atomic E-state index is 15.0. The van der Waals surface area contributed by atoms with Gasteiger partial charge in [0.05, 0.1) is 21.8 Å². The van der Waals surface area contributed by atoms with Crippen LogP contribution >= 0.6 is 23.2 Å². The average Bonchev–Trinajstić information content (AvgIpc) is 3.24. The highest BCUT2D eigenvalue weighted by molar-refractivity contribution is 7.92. The van der Waals surface area contributed by atoms with Gasteiger partial charge in [-0.2, -0.15) is 0 Å². The Morgan fingerprint density at radius 3 is 2.62 bits per heavy atom. The molecule has 0 fully saturated rings. The number of hydrogen-bond donors (Lipinski definition) is 3. The molecular formula is C22H11Cl2F2N3O4S. The van der Waals surface area contributed by atoms with Crippen molar-refractivity contribution in [3.8, 4) is 11.8 Å². The summed E-state index contributed by atoms with van der Waals surface area (Å²) in [6.45, 7) is 0. The number of aromatic carboxylic acids is 1. The Balaban J connectivity index is 1.72. The molecule has 34 heavy (non-hydrogen) atoms. The molecule has 12 heteroatoms. The van der Waals surface area contributed by atoms with Crippen molar-refractivity contribution in [1.82, 2.24) is 9.97 Å². The molecule has 172 valence electrons. The molecule has 0 atom stereocenters. The fraction of sp³-hybridized carbons (Fsp3) is 0. The lowest BCUT2D eigenvalue weighted by Crippen LogP contribution is -2.16. The van der Waals surface area contributed by atoms with E-state index in [4.69, 9.17) is 23.2 Å². The zero-order chi connectivity index (χ0) is 24.6. The third-order valence-corrected chi connectivity index (χ3v) is 6.72. The van der Waals surface area contributed by atoms with Gasteiger partial charge in [-0.05, 0) is 36.4 Å². The van der Waals surface area contributed by atoms with E-state index >= 15 is 4.39 Å². The first-order chi connectivity index (χ1) is 16.1. The summed E-state index contributed by atoms with van der Waals surface area (Å²) in [6.07, 6.45) is 3.09. The second-order valence-electron chi connectivity index (χ2n) is 6.85. The van der Waals surface area contributed by atoms with Gasteiger partial charge in [0.2, 0.25) is 0 Å². The maximum absolute atomic E-state index is 15.0. The van der Waals surface area contributed by atoms with Crippen LogP contribution in [0.15, 0.2) is 53.7 Å². The van der Waals surface area contributed by atoms with Crippen LogP contribution in [0, 0.1) is 23.5 Å². The first-order valence-electron chi connectivity index (χ1n) is 9.25. The van der Waals surface area contributed by atoms with Gasteiger partial charge in [0.1, 0.15) is 16.4 Å². The van der Waals surface area contributed by atoms with Crippen molar-refractivity contribution >= 4 is 55.9 Å². The lowest BCUT2D eigenvalue weighted by molar-refractivity contribution is 0.0697. The number of benzene rings is 2. The summed E-state index contributed by atoms with van der Waals surface area (Å²) in [7, 11) is -4.61. The van der Waals surface area contributed by atoms with Gasteiger partial charge >= 0.3 is 5.97 Å². The fourth-order valence-electron chi connectivity index (χ4n) is 3.00. The van der Waals surface area contributed by atoms with Crippen LogP contribution < -0.4 is 4.72 Å². The van der Waals surface area contributed by atoms with Crippen molar-refractivity contribution in [1.29, 1.82) is 0 Å². The predicted molar refractivity (Wildman–Crippen MR) is 123 cm³/mol. The third-order valence-electron chi connectivity index (χ3n) is 4.59. The van der Waals surface area contributed by atoms with Crippen LogP contribution in [0.3, 0.4) is 0 Å². The molecule has 0 aliphatic rings. The Kier molecular flexibility index (Phi) is 6.18. The van der Waals surface area contributed by atoms with Gasteiger partial charge in [-0.3, -0.25) is 4.72 Å². The number of hydrogen-bond acceptors (Lipinski definition) is 4. The van der Waals surface area contributed by atoms with Crippen LogP contribution in [-0.4, -0.2) is 29.5 Å². The summed E-state index contributed by atoms with van der Waals surface area (Å²) in [6, 6.07) is 6.98. The van der Waals surface area contributed by atoms with Crippen LogP contribution in [-0.2, 0) is 10.0 Å². The summed E-state index contributed by atoms with van der Waals surface area (Å²) < 4.78 is 56.9. The summed E-state index contributed by atoms with van der Waals surface area (Å²) in [5.74, 6) is 1.15. The highest BCUT2D eigenvalue weighted by Crippen LogP contribution is 2.32. The van der Waals surface area contributed by atoms with E-state index in [1.165, 1.54) is 6.20 Å². The van der Waals surface area contributed by atoms with Gasteiger partial charge in [0.25, 0.3) is 10.0 Å². The molecule has 0 saturated carbocycles. The molecular weight excluding hydrogens is 511 g/mol. The van der Waals surface area contributed by atoms with Crippen LogP contribution in [0.5, 0.6) is 0 Å². The van der Waals surface area contributed by atoms with E-state index in [0.717, 1.165) is 29.7 Å². The molecule has 0 unspecified atom stereocenters. The third kappa shape index (κ3) is 4.54. The number of aromatic nitrogens is 2. The molecule has 0 saturated heterocycles. The molecule has 4 aromatic rings. The number of sulfonamides is 1. The van der Waals surface area contributed by atoms with Gasteiger partial charge in [0, 0.05) is 28.4 Å². The highest BCUT2D eigenvalue weighted by atomic mass is 35.5. The second-order valence-corrected chi connectivity index (χ2v) is 9.31. The van der Waals surface area contributed by atoms with Crippen LogP contribution in [0.25, 0.3) is 11.0 Å². The topological polar surface area (TPSA) is 112 Å². The van der Waals surface area contributed by atoms with Gasteiger partial charge in [-0.15, -0.1) is 0 Å². The molecule has 0 bridgehead atoms. The van der Waals surface area contributed by atoms with Gasteiger partial charge in [-0.25, -0.2) is 27.0 Å². The number of aromatic amines is 1. The molecule has 2 aromatic heterocycles. The molecule has 0 radical (unpaired) electrons. The number of carboxylic acids is 1. The molecule has 2 aromatic carbocycles. The van der Waals surface area contributed by atoms with Gasteiger partial charge in [0.15, 0.2) is 5.82 Å². The number of H-pyrrole nitrogens is 1. The van der Waals surface area contributed by atoms with Crippen molar-refractivity contribution < 1.29 is 27.1 Å². The number of fused-ring (bicyclic) bond motifs is 1. The standard InChI is InChI=1S/C22H11Cl2F2N3O4S/c23-13-8-15(22(30)31)19(24)18(9-13)34(32,33)29-17-4-3-16(25)14(20(17)26)2-1-11-7-12-5-6-27-21(12)28-10-11/h3-10,29H,(H,27,28)(H,30,31). The number of halogens is 4. The first-order valence-corrected chi connectivity index (χ1v) is 11.5. The Bertz CT molecular complexity index is 1640. The number of nitrogens with one attached hydrogen (secondary N) is 2. The van der Waals surface area contributed by atoms with Crippen LogP contribution in [0.1, 0.15) is 21.5 Å². The minimum Gasteiger partial charge on any atom is -0.478 e. The van der Waals surface area contributed by atoms with E-state index in [1.807, 2.05) is 4.72 Å². The summed E-state index contributed by atoms with van der Waals surface area (Å²) in [5.41, 5.74) is -0.877. The molecule has 3 N–H and O–H groups in total. The van der Waals surface area contributed by atoms with Crippen LogP contribution in [0.4, 0.5) is 14.5 Å². The van der Waals surface area contributed by atoms with Crippen molar-refractivity contribution in [2.75, 3.05) is 4.72 Å². The molecule has 0 aliphatic carbocycles. The normalized spacial score (nSPS) is 11.2. The van der Waals surface area contributed by atoms with Crippen molar-refractivity contribution in [2.45, 2.75) is 4.90 Å². The maximum Gasteiger partial charge on any atom is 0.337 e. The zero-order valence-corrected chi connectivity index (χ0v) is 19.0. The zero-order valence-electron chi connectivity index (χ0n) is 16.7. The molecule has 4 rings (SSSR count). The monoisotopic (exact) mass is 521 g/mol. The number of carbonyl (C=O) groups is 1. The highest BCUT2D eigenvalue weighted by Gasteiger charge is 2.25. The lowest BCUT2D eigenvalue weighted by atomic mass is 10.1. The van der Waals surface area contributed by atoms with Gasteiger partial charge in [-0.1, -0.05) is 35.0 Å².